The molecule has 1 N–H and O–H groups in total. The van der Waals surface area contributed by atoms with E-state index in [4.69, 9.17) is 11.6 Å². The second-order valence-electron chi connectivity index (χ2n) is 13.3. The van der Waals surface area contributed by atoms with Crippen LogP contribution in [0.2, 0.25) is 5.02 Å². The number of nitrogens with zero attached hydrogens (tertiary/aromatic N) is 5. The van der Waals surface area contributed by atoms with E-state index in [0.717, 1.165) is 37.7 Å². The van der Waals surface area contributed by atoms with E-state index in [1.165, 1.54) is 19.3 Å². The maximum Gasteiger partial charge on any atom is 0.319 e. The van der Waals surface area contributed by atoms with Gasteiger partial charge in [-0.1, -0.05) is 49.9 Å². The predicted octanol–water partition coefficient (Wildman–Crippen LogP) is 5.09. The van der Waals surface area contributed by atoms with Crippen LogP contribution in [0.1, 0.15) is 74.2 Å². The highest BCUT2D eigenvalue weighted by Crippen LogP contribution is 2.31. The van der Waals surface area contributed by atoms with E-state index in [2.05, 4.69) is 22.1 Å². The Bertz CT molecular complexity index is 1280. The first-order valence-corrected chi connectivity index (χ1v) is 17.1. The molecule has 0 bridgehead atoms. The first kappa shape index (κ1) is 33.2. The van der Waals surface area contributed by atoms with Gasteiger partial charge in [-0.05, 0) is 74.3 Å². The molecule has 4 amide bonds. The lowest BCUT2D eigenvalue weighted by atomic mass is 9.87. The van der Waals surface area contributed by atoms with Gasteiger partial charge in [-0.15, -0.1) is 0 Å². The standard InChI is InChI=1S/C35H49ClN6O3/c1-25-24-41(22-17-32(25)42(35(45)39(2)3)30-7-5-4-6-8-30)34(44)31(23-26-9-11-28(36)12-10-26)38-29-15-20-40(21-16-29)33(43)27-13-18-37-19-14-27/h9-14,18-19,25,29-32,38H,4-8,15-17,20-24H2,1-3H3/t25-,31+,32-/m0/s1. The first-order chi connectivity index (χ1) is 21.7. The number of benzene rings is 1. The average molecular weight is 637 g/mol. The molecule has 1 aliphatic carbocycles. The maximum absolute atomic E-state index is 14.2. The van der Waals surface area contributed by atoms with Gasteiger partial charge < -0.3 is 24.9 Å². The Morgan fingerprint density at radius 2 is 1.56 bits per heavy atom. The minimum atomic E-state index is -0.389. The maximum atomic E-state index is 14.2. The second kappa shape index (κ2) is 15.4. The van der Waals surface area contributed by atoms with Crippen molar-refractivity contribution in [2.24, 2.45) is 5.92 Å². The fourth-order valence-electron chi connectivity index (χ4n) is 7.41. The summed E-state index contributed by atoms with van der Waals surface area (Å²) >= 11 is 6.17. The summed E-state index contributed by atoms with van der Waals surface area (Å²) in [6, 6.07) is 11.5. The third kappa shape index (κ3) is 8.36. The molecule has 0 unspecified atom stereocenters. The van der Waals surface area contributed by atoms with Crippen molar-refractivity contribution < 1.29 is 14.4 Å². The zero-order valence-corrected chi connectivity index (χ0v) is 27.8. The Morgan fingerprint density at radius 3 is 2.18 bits per heavy atom. The van der Waals surface area contributed by atoms with Crippen LogP contribution in [0.4, 0.5) is 4.79 Å². The first-order valence-electron chi connectivity index (χ1n) is 16.7. The number of pyridine rings is 1. The summed E-state index contributed by atoms with van der Waals surface area (Å²) < 4.78 is 0. The summed E-state index contributed by atoms with van der Waals surface area (Å²) in [7, 11) is 3.68. The van der Waals surface area contributed by atoms with E-state index in [9.17, 15) is 14.4 Å². The number of hydrogen-bond acceptors (Lipinski definition) is 5. The smallest absolute Gasteiger partial charge is 0.319 e. The molecule has 5 rings (SSSR count). The van der Waals surface area contributed by atoms with Crippen LogP contribution in [0.5, 0.6) is 0 Å². The number of halogens is 1. The number of carbonyl (C=O) groups excluding carboxylic acids is 3. The molecule has 3 heterocycles. The molecule has 3 aliphatic rings. The predicted molar refractivity (Wildman–Crippen MR) is 177 cm³/mol. The highest BCUT2D eigenvalue weighted by molar-refractivity contribution is 6.30. The van der Waals surface area contributed by atoms with Gasteiger partial charge in [0.1, 0.15) is 0 Å². The van der Waals surface area contributed by atoms with Crippen molar-refractivity contribution in [2.75, 3.05) is 40.3 Å². The highest BCUT2D eigenvalue weighted by Gasteiger charge is 2.40. The van der Waals surface area contributed by atoms with Crippen molar-refractivity contribution in [3.05, 3.63) is 64.9 Å². The van der Waals surface area contributed by atoms with Crippen LogP contribution in [0.3, 0.4) is 0 Å². The van der Waals surface area contributed by atoms with Crippen molar-refractivity contribution >= 4 is 29.4 Å². The molecule has 0 radical (unpaired) electrons. The van der Waals surface area contributed by atoms with Gasteiger partial charge in [0, 0.05) is 81.4 Å². The molecule has 9 nitrogen and oxygen atoms in total. The number of hydrogen-bond donors (Lipinski definition) is 1. The Labute approximate surface area is 273 Å². The quantitative estimate of drug-likeness (QED) is 0.436. The summed E-state index contributed by atoms with van der Waals surface area (Å²) in [4.78, 5) is 52.4. The van der Waals surface area contributed by atoms with E-state index in [-0.39, 0.29) is 47.9 Å². The third-order valence-electron chi connectivity index (χ3n) is 9.90. The molecular weight excluding hydrogens is 588 g/mol. The van der Waals surface area contributed by atoms with Gasteiger partial charge in [0.15, 0.2) is 0 Å². The van der Waals surface area contributed by atoms with E-state index in [1.54, 1.807) is 29.4 Å². The van der Waals surface area contributed by atoms with Crippen LogP contribution in [0.15, 0.2) is 48.8 Å². The minimum absolute atomic E-state index is 0.0246. The lowest BCUT2D eigenvalue weighted by molar-refractivity contribution is -0.136. The lowest BCUT2D eigenvalue weighted by Crippen LogP contribution is -2.60. The van der Waals surface area contributed by atoms with Gasteiger partial charge in [-0.3, -0.25) is 14.6 Å². The molecule has 244 valence electrons. The van der Waals surface area contributed by atoms with Crippen LogP contribution >= 0.6 is 11.6 Å². The van der Waals surface area contributed by atoms with Crippen LogP contribution in [-0.2, 0) is 11.2 Å². The number of aromatic nitrogens is 1. The third-order valence-corrected chi connectivity index (χ3v) is 10.1. The van der Waals surface area contributed by atoms with Crippen molar-refractivity contribution in [3.63, 3.8) is 0 Å². The molecule has 3 atom stereocenters. The van der Waals surface area contributed by atoms with Crippen LogP contribution in [0.25, 0.3) is 0 Å². The fraction of sp³-hybridized carbons (Fsp3) is 0.600. The molecule has 1 aromatic carbocycles. The van der Waals surface area contributed by atoms with E-state index >= 15 is 0 Å². The van der Waals surface area contributed by atoms with Crippen LogP contribution in [0, 0.1) is 5.92 Å². The molecule has 3 fully saturated rings. The zero-order valence-electron chi connectivity index (χ0n) is 27.0. The minimum Gasteiger partial charge on any atom is -0.341 e. The van der Waals surface area contributed by atoms with Crippen molar-refractivity contribution in [3.8, 4) is 0 Å². The van der Waals surface area contributed by atoms with Gasteiger partial charge >= 0.3 is 6.03 Å². The molecule has 45 heavy (non-hydrogen) atoms. The number of nitrogens with one attached hydrogen (secondary N) is 1. The summed E-state index contributed by atoms with van der Waals surface area (Å²) in [5, 5.41) is 4.38. The molecule has 10 heteroatoms. The highest BCUT2D eigenvalue weighted by atomic mass is 35.5. The lowest BCUT2D eigenvalue weighted by Gasteiger charge is -2.48. The molecule has 1 saturated carbocycles. The normalized spacial score (nSPS) is 22.1. The van der Waals surface area contributed by atoms with E-state index in [1.807, 2.05) is 48.2 Å². The Hall–Kier alpha value is -3.17. The van der Waals surface area contributed by atoms with E-state index in [0.29, 0.717) is 43.2 Å². The van der Waals surface area contributed by atoms with Gasteiger partial charge in [-0.2, -0.15) is 0 Å². The zero-order chi connectivity index (χ0) is 31.9. The Morgan fingerprint density at radius 1 is 0.911 bits per heavy atom. The number of rotatable bonds is 8. The number of piperidine rings is 2. The molecule has 2 aromatic rings. The molecule has 0 spiro atoms. The topological polar surface area (TPSA) is 89.1 Å². The van der Waals surface area contributed by atoms with E-state index < -0.39 is 0 Å². The number of likely N-dealkylation sites (tertiary alicyclic amines) is 2. The van der Waals surface area contributed by atoms with Crippen molar-refractivity contribution in [1.29, 1.82) is 0 Å². The Balaban J connectivity index is 1.25. The monoisotopic (exact) mass is 636 g/mol. The van der Waals surface area contributed by atoms with Gasteiger partial charge in [0.2, 0.25) is 5.91 Å². The van der Waals surface area contributed by atoms with Gasteiger partial charge in [0.25, 0.3) is 5.91 Å². The van der Waals surface area contributed by atoms with Crippen molar-refractivity contribution in [1.82, 2.24) is 29.9 Å². The number of carbonyl (C=O) groups is 3. The van der Waals surface area contributed by atoms with Gasteiger partial charge in [0.05, 0.1) is 6.04 Å². The molecular formula is C35H49ClN6O3. The second-order valence-corrected chi connectivity index (χ2v) is 13.8. The number of amides is 4. The number of urea groups is 1. The average Bonchev–Trinajstić information content (AvgIpc) is 3.06. The summed E-state index contributed by atoms with van der Waals surface area (Å²) in [6.45, 7) is 4.74. The molecule has 1 aromatic heterocycles. The SMILES string of the molecule is C[C@H]1CN(C(=O)[C@@H](Cc2ccc(Cl)cc2)NC2CCN(C(=O)c3ccncc3)CC2)CC[C@@H]1N(C(=O)N(C)C)C1CCCCC1. The van der Waals surface area contributed by atoms with Crippen molar-refractivity contribution in [2.45, 2.75) is 88.9 Å². The molecule has 2 aliphatic heterocycles. The fourth-order valence-corrected chi connectivity index (χ4v) is 7.54. The van der Waals surface area contributed by atoms with Crippen LogP contribution < -0.4 is 5.32 Å². The molecule has 2 saturated heterocycles. The largest absolute Gasteiger partial charge is 0.341 e. The summed E-state index contributed by atoms with van der Waals surface area (Å²) in [5.41, 5.74) is 1.71. The summed E-state index contributed by atoms with van der Waals surface area (Å²) in [6.07, 6.45) is 11.9. The van der Waals surface area contributed by atoms with Gasteiger partial charge in [-0.25, -0.2) is 4.79 Å². The van der Waals surface area contributed by atoms with Crippen LogP contribution in [-0.4, -0.2) is 107 Å². The summed E-state index contributed by atoms with van der Waals surface area (Å²) in [5.74, 6) is 0.303. The Kier molecular flexibility index (Phi) is 11.4.